The number of aromatic nitrogens is 2. The van der Waals surface area contributed by atoms with Gasteiger partial charge in [0.15, 0.2) is 0 Å². The number of aryl methyl sites for hydroxylation is 1. The molecule has 0 radical (unpaired) electrons. The van der Waals surface area contributed by atoms with Crippen LogP contribution in [0.25, 0.3) is 0 Å². The number of piperidine rings is 1. The predicted molar refractivity (Wildman–Crippen MR) is 106 cm³/mol. The Balaban J connectivity index is 1.49. The van der Waals surface area contributed by atoms with Gasteiger partial charge in [-0.1, -0.05) is 30.3 Å². The summed E-state index contributed by atoms with van der Waals surface area (Å²) in [6, 6.07) is 11.0. The van der Waals surface area contributed by atoms with Gasteiger partial charge in [0.1, 0.15) is 0 Å². The minimum atomic E-state index is -0.213. The van der Waals surface area contributed by atoms with Crippen LogP contribution in [-0.4, -0.2) is 44.6 Å². The van der Waals surface area contributed by atoms with Gasteiger partial charge in [0.25, 0.3) is 0 Å². The SMILES string of the molecule is CCn1cc(CN2CCC3(CC2)C(=O)N(C(C)C)C3c2ccccc2)cn1. The molecule has 2 aliphatic rings. The van der Waals surface area contributed by atoms with Crippen LogP contribution in [0.4, 0.5) is 0 Å². The van der Waals surface area contributed by atoms with E-state index < -0.39 is 0 Å². The molecule has 4 rings (SSSR count). The molecule has 144 valence electrons. The van der Waals surface area contributed by atoms with E-state index in [-0.39, 0.29) is 17.5 Å². The van der Waals surface area contributed by atoms with Crippen LogP contribution in [0, 0.1) is 5.41 Å². The predicted octanol–water partition coefficient (Wildman–Crippen LogP) is 3.48. The van der Waals surface area contributed by atoms with Crippen molar-refractivity contribution in [3.8, 4) is 0 Å². The number of hydrogen-bond acceptors (Lipinski definition) is 3. The smallest absolute Gasteiger partial charge is 0.232 e. The lowest BCUT2D eigenvalue weighted by Gasteiger charge is -2.60. The van der Waals surface area contributed by atoms with Crippen molar-refractivity contribution in [2.24, 2.45) is 5.41 Å². The third kappa shape index (κ3) is 3.08. The van der Waals surface area contributed by atoms with Gasteiger partial charge in [0.2, 0.25) is 5.91 Å². The number of carbonyl (C=O) groups excluding carboxylic acids is 1. The average molecular weight is 367 g/mol. The molecule has 0 aliphatic carbocycles. The Kier molecular flexibility index (Phi) is 4.81. The van der Waals surface area contributed by atoms with Crippen LogP contribution < -0.4 is 0 Å². The van der Waals surface area contributed by atoms with Crippen molar-refractivity contribution in [3.05, 3.63) is 53.9 Å². The largest absolute Gasteiger partial charge is 0.332 e. The van der Waals surface area contributed by atoms with Crippen molar-refractivity contribution < 1.29 is 4.79 Å². The topological polar surface area (TPSA) is 41.4 Å². The van der Waals surface area contributed by atoms with Crippen molar-refractivity contribution in [1.82, 2.24) is 19.6 Å². The van der Waals surface area contributed by atoms with Gasteiger partial charge < -0.3 is 4.90 Å². The summed E-state index contributed by atoms with van der Waals surface area (Å²) in [5.41, 5.74) is 2.33. The Bertz CT molecular complexity index is 790. The molecule has 1 aromatic carbocycles. The van der Waals surface area contributed by atoms with E-state index in [2.05, 4.69) is 72.2 Å². The zero-order valence-corrected chi connectivity index (χ0v) is 16.6. The molecule has 2 aliphatic heterocycles. The van der Waals surface area contributed by atoms with Crippen LogP contribution in [-0.2, 0) is 17.9 Å². The summed E-state index contributed by atoms with van der Waals surface area (Å²) >= 11 is 0. The van der Waals surface area contributed by atoms with E-state index in [9.17, 15) is 4.79 Å². The van der Waals surface area contributed by atoms with Gasteiger partial charge in [-0.25, -0.2) is 0 Å². The van der Waals surface area contributed by atoms with Crippen molar-refractivity contribution in [2.45, 2.75) is 58.8 Å². The third-order valence-electron chi connectivity index (χ3n) is 6.30. The Hall–Kier alpha value is -2.14. The zero-order chi connectivity index (χ0) is 19.0. The molecular weight excluding hydrogens is 336 g/mol. The molecule has 2 fully saturated rings. The minimum absolute atomic E-state index is 0.213. The second kappa shape index (κ2) is 7.12. The summed E-state index contributed by atoms with van der Waals surface area (Å²) in [6.07, 6.45) is 5.98. The summed E-state index contributed by atoms with van der Waals surface area (Å²) < 4.78 is 1.97. The fraction of sp³-hybridized carbons (Fsp3) is 0.545. The normalized spacial score (nSPS) is 22.4. The molecule has 2 aromatic rings. The molecule has 5 nitrogen and oxygen atoms in total. The van der Waals surface area contributed by atoms with Crippen LogP contribution >= 0.6 is 0 Å². The van der Waals surface area contributed by atoms with Gasteiger partial charge in [-0.05, 0) is 52.3 Å². The second-order valence-electron chi connectivity index (χ2n) is 8.26. The fourth-order valence-electron chi connectivity index (χ4n) is 4.86. The van der Waals surface area contributed by atoms with E-state index in [0.29, 0.717) is 5.91 Å². The van der Waals surface area contributed by atoms with Gasteiger partial charge in [0.05, 0.1) is 17.7 Å². The molecular formula is C22H30N4O. The Morgan fingerprint density at radius 3 is 2.48 bits per heavy atom. The van der Waals surface area contributed by atoms with E-state index >= 15 is 0 Å². The minimum Gasteiger partial charge on any atom is -0.332 e. The molecule has 1 aromatic heterocycles. The first kappa shape index (κ1) is 18.2. The molecule has 3 heterocycles. The first-order valence-corrected chi connectivity index (χ1v) is 10.2. The highest BCUT2D eigenvalue weighted by molar-refractivity contribution is 5.91. The second-order valence-corrected chi connectivity index (χ2v) is 8.26. The average Bonchev–Trinajstić information content (AvgIpc) is 3.14. The molecule has 0 N–H and O–H groups in total. The van der Waals surface area contributed by atoms with E-state index in [0.717, 1.165) is 39.0 Å². The van der Waals surface area contributed by atoms with Gasteiger partial charge in [-0.3, -0.25) is 14.4 Å². The maximum atomic E-state index is 13.2. The number of rotatable bonds is 5. The Labute approximate surface area is 162 Å². The number of carbonyl (C=O) groups is 1. The third-order valence-corrected chi connectivity index (χ3v) is 6.30. The fourth-order valence-corrected chi connectivity index (χ4v) is 4.86. The maximum Gasteiger partial charge on any atom is 0.232 e. The first-order valence-electron chi connectivity index (χ1n) is 10.2. The monoisotopic (exact) mass is 366 g/mol. The lowest BCUT2D eigenvalue weighted by atomic mass is 9.61. The first-order chi connectivity index (χ1) is 13.0. The molecule has 27 heavy (non-hydrogen) atoms. The molecule has 0 saturated carbocycles. The number of benzene rings is 1. The van der Waals surface area contributed by atoms with Crippen molar-refractivity contribution in [2.75, 3.05) is 13.1 Å². The summed E-state index contributed by atoms with van der Waals surface area (Å²) in [4.78, 5) is 17.7. The van der Waals surface area contributed by atoms with Crippen LogP contribution in [0.5, 0.6) is 0 Å². The summed E-state index contributed by atoms with van der Waals surface area (Å²) in [6.45, 7) is 10.1. The van der Waals surface area contributed by atoms with Crippen LogP contribution in [0.3, 0.4) is 0 Å². The number of amides is 1. The van der Waals surface area contributed by atoms with E-state index in [1.54, 1.807) is 0 Å². The lowest BCUT2D eigenvalue weighted by Crippen LogP contribution is -2.67. The molecule has 0 bridgehead atoms. The van der Waals surface area contributed by atoms with E-state index in [4.69, 9.17) is 0 Å². The molecule has 1 amide bonds. The summed E-state index contributed by atoms with van der Waals surface area (Å²) in [7, 11) is 0. The van der Waals surface area contributed by atoms with Gasteiger partial charge in [0, 0.05) is 30.9 Å². The number of hydrogen-bond donors (Lipinski definition) is 0. The summed E-state index contributed by atoms with van der Waals surface area (Å²) in [5, 5.41) is 4.38. The summed E-state index contributed by atoms with van der Waals surface area (Å²) in [5.74, 6) is 0.352. The van der Waals surface area contributed by atoms with Crippen LogP contribution in [0.15, 0.2) is 42.7 Å². The highest BCUT2D eigenvalue weighted by Gasteiger charge is 2.61. The van der Waals surface area contributed by atoms with E-state index in [1.165, 1.54) is 11.1 Å². The molecule has 5 heteroatoms. The molecule has 1 atom stereocenters. The number of nitrogens with zero attached hydrogens (tertiary/aromatic N) is 4. The van der Waals surface area contributed by atoms with E-state index in [1.807, 2.05) is 10.9 Å². The zero-order valence-electron chi connectivity index (χ0n) is 16.6. The highest BCUT2D eigenvalue weighted by atomic mass is 16.2. The quantitative estimate of drug-likeness (QED) is 0.761. The van der Waals surface area contributed by atoms with Crippen molar-refractivity contribution >= 4 is 5.91 Å². The Morgan fingerprint density at radius 2 is 1.89 bits per heavy atom. The highest BCUT2D eigenvalue weighted by Crippen LogP contribution is 2.56. The van der Waals surface area contributed by atoms with Crippen molar-refractivity contribution in [1.29, 1.82) is 0 Å². The lowest BCUT2D eigenvalue weighted by molar-refractivity contribution is -0.185. The van der Waals surface area contributed by atoms with Crippen molar-refractivity contribution in [3.63, 3.8) is 0 Å². The number of likely N-dealkylation sites (tertiary alicyclic amines) is 2. The maximum absolute atomic E-state index is 13.2. The van der Waals surface area contributed by atoms with Gasteiger partial charge in [-0.15, -0.1) is 0 Å². The van der Waals surface area contributed by atoms with Crippen LogP contribution in [0.2, 0.25) is 0 Å². The van der Waals surface area contributed by atoms with Gasteiger partial charge in [-0.2, -0.15) is 5.10 Å². The van der Waals surface area contributed by atoms with Crippen LogP contribution in [0.1, 0.15) is 50.8 Å². The molecule has 2 saturated heterocycles. The number of β-lactam (4-membered cyclic amide) rings is 1. The standard InChI is InChI=1S/C22H30N4O/c1-4-25-16-18(14-23-25)15-24-12-10-22(11-13-24)20(19-8-6-5-7-9-19)26(17(2)3)21(22)27/h5-9,14,16-17,20H,4,10-13,15H2,1-3H3. The molecule has 1 spiro atoms. The Morgan fingerprint density at radius 1 is 1.19 bits per heavy atom. The molecule has 1 unspecified atom stereocenters. The van der Waals surface area contributed by atoms with Gasteiger partial charge >= 0.3 is 0 Å².